The minimum Gasteiger partial charge on any atom is -0.488 e. The van der Waals surface area contributed by atoms with E-state index in [-0.39, 0.29) is 18.3 Å². The van der Waals surface area contributed by atoms with Crippen molar-refractivity contribution in [2.45, 2.75) is 19.7 Å². The van der Waals surface area contributed by atoms with Crippen LogP contribution in [0.5, 0.6) is 5.75 Å². The number of amides is 1. The fourth-order valence-corrected chi connectivity index (χ4v) is 4.04. The SMILES string of the molecule is O=C(CN(Cc1csc(COc2ccc(F)cc2)c1)Cc1ccco1)Nc1ccccc1. The topological polar surface area (TPSA) is 54.7 Å². The number of para-hydroxylation sites is 1. The highest BCUT2D eigenvalue weighted by atomic mass is 32.1. The highest BCUT2D eigenvalue weighted by molar-refractivity contribution is 7.10. The summed E-state index contributed by atoms with van der Waals surface area (Å²) in [4.78, 5) is 15.7. The summed E-state index contributed by atoms with van der Waals surface area (Å²) >= 11 is 1.59. The third-order valence-electron chi connectivity index (χ3n) is 4.69. The second kappa shape index (κ2) is 10.7. The maximum absolute atomic E-state index is 13.0. The number of nitrogens with one attached hydrogen (secondary N) is 1. The van der Waals surface area contributed by atoms with Crippen LogP contribution in [0, 0.1) is 5.82 Å². The van der Waals surface area contributed by atoms with Gasteiger partial charge >= 0.3 is 0 Å². The molecule has 4 rings (SSSR count). The van der Waals surface area contributed by atoms with Gasteiger partial charge in [-0.05, 0) is 65.5 Å². The summed E-state index contributed by atoms with van der Waals surface area (Å²) in [5.41, 5.74) is 1.86. The average molecular weight is 451 g/mol. The van der Waals surface area contributed by atoms with Crippen LogP contribution in [-0.4, -0.2) is 17.4 Å². The number of nitrogens with zero attached hydrogens (tertiary/aromatic N) is 1. The number of furan rings is 1. The summed E-state index contributed by atoms with van der Waals surface area (Å²) in [5.74, 6) is 1.05. The fourth-order valence-electron chi connectivity index (χ4n) is 3.24. The molecule has 0 fully saturated rings. The van der Waals surface area contributed by atoms with Crippen LogP contribution >= 0.6 is 11.3 Å². The normalized spacial score (nSPS) is 10.9. The Morgan fingerprint density at radius 3 is 2.59 bits per heavy atom. The number of carbonyl (C=O) groups is 1. The molecular formula is C25H23FN2O3S. The molecule has 164 valence electrons. The Balaban J connectivity index is 1.37. The number of hydrogen-bond donors (Lipinski definition) is 1. The maximum Gasteiger partial charge on any atom is 0.238 e. The van der Waals surface area contributed by atoms with Gasteiger partial charge in [0.15, 0.2) is 0 Å². The fraction of sp³-hybridized carbons (Fsp3) is 0.160. The van der Waals surface area contributed by atoms with E-state index in [0.29, 0.717) is 25.4 Å². The van der Waals surface area contributed by atoms with Crippen molar-refractivity contribution >= 4 is 22.9 Å². The molecule has 0 saturated heterocycles. The van der Waals surface area contributed by atoms with Crippen LogP contribution in [0.15, 0.2) is 88.9 Å². The lowest BCUT2D eigenvalue weighted by atomic mass is 10.2. The largest absolute Gasteiger partial charge is 0.488 e. The zero-order valence-electron chi connectivity index (χ0n) is 17.4. The number of thiophene rings is 1. The van der Waals surface area contributed by atoms with Crippen molar-refractivity contribution in [1.82, 2.24) is 4.90 Å². The number of halogens is 1. The molecule has 0 unspecified atom stereocenters. The second-order valence-electron chi connectivity index (χ2n) is 7.30. The van der Waals surface area contributed by atoms with E-state index in [0.717, 1.165) is 21.9 Å². The molecule has 4 aromatic rings. The first kappa shape index (κ1) is 21.8. The van der Waals surface area contributed by atoms with E-state index < -0.39 is 0 Å². The molecule has 7 heteroatoms. The molecule has 0 aliphatic rings. The van der Waals surface area contributed by atoms with Gasteiger partial charge in [0, 0.05) is 17.1 Å². The van der Waals surface area contributed by atoms with Crippen molar-refractivity contribution in [3.63, 3.8) is 0 Å². The molecule has 0 saturated carbocycles. The molecule has 32 heavy (non-hydrogen) atoms. The smallest absolute Gasteiger partial charge is 0.238 e. The lowest BCUT2D eigenvalue weighted by Crippen LogP contribution is -2.32. The summed E-state index contributed by atoms with van der Waals surface area (Å²) in [5, 5.41) is 4.99. The Morgan fingerprint density at radius 1 is 1.03 bits per heavy atom. The molecule has 5 nitrogen and oxygen atoms in total. The number of anilines is 1. The number of ether oxygens (including phenoxy) is 1. The summed E-state index contributed by atoms with van der Waals surface area (Å²) in [6.45, 7) is 1.75. The lowest BCUT2D eigenvalue weighted by molar-refractivity contribution is -0.117. The van der Waals surface area contributed by atoms with E-state index in [1.54, 1.807) is 29.7 Å². The molecule has 2 aromatic heterocycles. The maximum atomic E-state index is 13.0. The Kier molecular flexibility index (Phi) is 7.32. The van der Waals surface area contributed by atoms with E-state index >= 15 is 0 Å². The first-order valence-corrected chi connectivity index (χ1v) is 11.1. The van der Waals surface area contributed by atoms with Gasteiger partial charge in [0.05, 0.1) is 19.4 Å². The van der Waals surface area contributed by atoms with E-state index in [9.17, 15) is 9.18 Å². The molecule has 1 amide bonds. The Labute approximate surface area is 190 Å². The average Bonchev–Trinajstić information content (AvgIpc) is 3.46. The van der Waals surface area contributed by atoms with Crippen LogP contribution in [0.2, 0.25) is 0 Å². The van der Waals surface area contributed by atoms with Gasteiger partial charge in [-0.15, -0.1) is 11.3 Å². The summed E-state index contributed by atoms with van der Waals surface area (Å²) in [7, 11) is 0. The third-order valence-corrected chi connectivity index (χ3v) is 5.65. The number of benzene rings is 2. The summed E-state index contributed by atoms with van der Waals surface area (Å²) in [6, 6.07) is 21.2. The first-order chi connectivity index (χ1) is 15.6. The van der Waals surface area contributed by atoms with Crippen LogP contribution in [-0.2, 0) is 24.5 Å². The number of hydrogen-bond acceptors (Lipinski definition) is 5. The molecule has 0 aliphatic carbocycles. The molecule has 0 spiro atoms. The van der Waals surface area contributed by atoms with Gasteiger partial charge in [-0.1, -0.05) is 18.2 Å². The van der Waals surface area contributed by atoms with Crippen LogP contribution in [0.25, 0.3) is 0 Å². The van der Waals surface area contributed by atoms with Crippen molar-refractivity contribution in [2.24, 2.45) is 0 Å². The zero-order valence-corrected chi connectivity index (χ0v) is 18.2. The summed E-state index contributed by atoms with van der Waals surface area (Å²) in [6.07, 6.45) is 1.63. The van der Waals surface area contributed by atoms with E-state index in [2.05, 4.69) is 16.8 Å². The van der Waals surface area contributed by atoms with Crippen LogP contribution < -0.4 is 10.1 Å². The van der Waals surface area contributed by atoms with Crippen LogP contribution in [0.3, 0.4) is 0 Å². The van der Waals surface area contributed by atoms with Gasteiger partial charge in [-0.3, -0.25) is 9.69 Å². The molecule has 2 heterocycles. The van der Waals surface area contributed by atoms with Gasteiger partial charge in [-0.25, -0.2) is 4.39 Å². The monoisotopic (exact) mass is 450 g/mol. The summed E-state index contributed by atoms with van der Waals surface area (Å²) < 4.78 is 24.2. The minimum atomic E-state index is -0.288. The van der Waals surface area contributed by atoms with Gasteiger partial charge in [0.1, 0.15) is 23.9 Å². The van der Waals surface area contributed by atoms with Gasteiger partial charge < -0.3 is 14.5 Å². The van der Waals surface area contributed by atoms with Crippen LogP contribution in [0.4, 0.5) is 10.1 Å². The molecule has 1 N–H and O–H groups in total. The van der Waals surface area contributed by atoms with Crippen molar-refractivity contribution in [2.75, 3.05) is 11.9 Å². The van der Waals surface area contributed by atoms with Crippen molar-refractivity contribution < 1.29 is 18.3 Å². The van der Waals surface area contributed by atoms with E-state index in [4.69, 9.17) is 9.15 Å². The molecule has 0 atom stereocenters. The quantitative estimate of drug-likeness (QED) is 0.337. The molecule has 0 aliphatic heterocycles. The van der Waals surface area contributed by atoms with Crippen LogP contribution in [0.1, 0.15) is 16.2 Å². The van der Waals surface area contributed by atoms with Gasteiger partial charge in [-0.2, -0.15) is 0 Å². The Morgan fingerprint density at radius 2 is 1.84 bits per heavy atom. The minimum absolute atomic E-state index is 0.0853. The zero-order chi connectivity index (χ0) is 22.2. The predicted octanol–water partition coefficient (Wildman–Crippen LogP) is 5.70. The first-order valence-electron chi connectivity index (χ1n) is 10.2. The molecular weight excluding hydrogens is 427 g/mol. The third kappa shape index (κ3) is 6.54. The standard InChI is InChI=1S/C25H23FN2O3S/c26-20-8-10-22(11-9-20)31-17-24-13-19(18-32-24)14-28(15-23-7-4-12-30-23)16-25(29)27-21-5-2-1-3-6-21/h1-13,18H,14-17H2,(H,27,29). The molecule has 0 bridgehead atoms. The van der Waals surface area contributed by atoms with E-state index in [1.807, 2.05) is 47.4 Å². The Hall–Kier alpha value is -3.42. The van der Waals surface area contributed by atoms with Crippen molar-refractivity contribution in [1.29, 1.82) is 0 Å². The van der Waals surface area contributed by atoms with Crippen molar-refractivity contribution in [3.8, 4) is 5.75 Å². The van der Waals surface area contributed by atoms with Gasteiger partial charge in [0.25, 0.3) is 0 Å². The Bertz CT molecular complexity index is 1110. The lowest BCUT2D eigenvalue weighted by Gasteiger charge is -2.20. The number of carbonyl (C=O) groups excluding carboxylic acids is 1. The highest BCUT2D eigenvalue weighted by Gasteiger charge is 2.15. The molecule has 0 radical (unpaired) electrons. The predicted molar refractivity (Wildman–Crippen MR) is 123 cm³/mol. The van der Waals surface area contributed by atoms with Crippen molar-refractivity contribution in [3.05, 3.63) is 106 Å². The highest BCUT2D eigenvalue weighted by Crippen LogP contribution is 2.21. The second-order valence-corrected chi connectivity index (χ2v) is 8.30. The molecule has 2 aromatic carbocycles. The number of rotatable bonds is 10. The van der Waals surface area contributed by atoms with E-state index in [1.165, 1.54) is 12.1 Å². The van der Waals surface area contributed by atoms with Gasteiger partial charge in [0.2, 0.25) is 5.91 Å².